The molecular formula is C12H11FN2O4S. The van der Waals surface area contributed by atoms with Crippen molar-refractivity contribution in [1.82, 2.24) is 4.98 Å². The summed E-state index contributed by atoms with van der Waals surface area (Å²) < 4.78 is 39.4. The van der Waals surface area contributed by atoms with Crippen molar-refractivity contribution in [2.75, 3.05) is 4.72 Å². The molecule has 0 radical (unpaired) electrons. The predicted octanol–water partition coefficient (Wildman–Crippen LogP) is 1.96. The normalized spacial score (nSPS) is 11.3. The van der Waals surface area contributed by atoms with Crippen LogP contribution < -0.4 is 4.72 Å². The zero-order valence-corrected chi connectivity index (χ0v) is 11.2. The van der Waals surface area contributed by atoms with Gasteiger partial charge in [-0.2, -0.15) is 0 Å². The topological polar surface area (TPSA) is 99.3 Å². The van der Waals surface area contributed by atoms with Gasteiger partial charge in [0.05, 0.1) is 5.69 Å². The third kappa shape index (κ3) is 2.97. The van der Waals surface area contributed by atoms with Gasteiger partial charge < -0.3 is 10.1 Å². The van der Waals surface area contributed by atoms with E-state index in [-0.39, 0.29) is 16.3 Å². The molecule has 3 N–H and O–H groups in total. The van der Waals surface area contributed by atoms with Crippen molar-refractivity contribution in [3.63, 3.8) is 0 Å². The quantitative estimate of drug-likeness (QED) is 0.803. The monoisotopic (exact) mass is 298 g/mol. The second-order valence-electron chi connectivity index (χ2n) is 4.18. The van der Waals surface area contributed by atoms with Gasteiger partial charge in [-0.3, -0.25) is 4.72 Å². The van der Waals surface area contributed by atoms with E-state index in [2.05, 4.69) is 9.71 Å². The Morgan fingerprint density at radius 3 is 2.55 bits per heavy atom. The van der Waals surface area contributed by atoms with Crippen LogP contribution in [0.5, 0.6) is 0 Å². The predicted molar refractivity (Wildman–Crippen MR) is 69.7 cm³/mol. The van der Waals surface area contributed by atoms with Crippen LogP contribution in [0.2, 0.25) is 0 Å². The number of hydrogen-bond acceptors (Lipinski definition) is 3. The summed E-state index contributed by atoms with van der Waals surface area (Å²) in [7, 11) is -3.97. The first-order valence-corrected chi connectivity index (χ1v) is 6.98. The zero-order valence-electron chi connectivity index (χ0n) is 10.3. The summed E-state index contributed by atoms with van der Waals surface area (Å²) >= 11 is 0. The highest BCUT2D eigenvalue weighted by Gasteiger charge is 2.18. The fourth-order valence-corrected chi connectivity index (χ4v) is 2.70. The molecule has 0 spiro atoms. The highest BCUT2D eigenvalue weighted by Crippen LogP contribution is 2.19. The van der Waals surface area contributed by atoms with E-state index >= 15 is 0 Å². The Kier molecular flexibility index (Phi) is 3.49. The summed E-state index contributed by atoms with van der Waals surface area (Å²) in [6, 6.07) is 4.74. The summed E-state index contributed by atoms with van der Waals surface area (Å²) in [5, 5.41) is 8.73. The van der Waals surface area contributed by atoms with Crippen molar-refractivity contribution in [3.05, 3.63) is 47.5 Å². The lowest BCUT2D eigenvalue weighted by molar-refractivity contribution is 0.0691. The first kappa shape index (κ1) is 14.1. The lowest BCUT2D eigenvalue weighted by atomic mass is 10.2. The van der Waals surface area contributed by atoms with E-state index in [4.69, 9.17) is 5.11 Å². The Labute approximate surface area is 114 Å². The van der Waals surface area contributed by atoms with Gasteiger partial charge in [0.2, 0.25) is 0 Å². The molecule has 1 heterocycles. The number of aromatic carboxylic acids is 1. The minimum atomic E-state index is -3.97. The lowest BCUT2D eigenvalue weighted by Crippen LogP contribution is -2.12. The van der Waals surface area contributed by atoms with Crippen molar-refractivity contribution < 1.29 is 22.7 Å². The van der Waals surface area contributed by atoms with Crippen molar-refractivity contribution in [2.45, 2.75) is 11.8 Å². The van der Waals surface area contributed by atoms with Crippen LogP contribution in [0.3, 0.4) is 0 Å². The highest BCUT2D eigenvalue weighted by molar-refractivity contribution is 7.92. The minimum Gasteiger partial charge on any atom is -0.477 e. The molecule has 0 aliphatic carbocycles. The van der Waals surface area contributed by atoms with E-state index in [1.165, 1.54) is 12.1 Å². The van der Waals surface area contributed by atoms with E-state index in [1.54, 1.807) is 6.92 Å². The molecule has 0 atom stereocenters. The number of aromatic nitrogens is 1. The molecule has 0 unspecified atom stereocenters. The first-order valence-electron chi connectivity index (χ1n) is 5.50. The van der Waals surface area contributed by atoms with E-state index in [9.17, 15) is 17.6 Å². The average Bonchev–Trinajstić information content (AvgIpc) is 2.76. The number of carboxylic acid groups (broad SMARTS) is 1. The van der Waals surface area contributed by atoms with Gasteiger partial charge in [0.15, 0.2) is 0 Å². The number of carbonyl (C=O) groups is 1. The van der Waals surface area contributed by atoms with Crippen LogP contribution in [0.25, 0.3) is 0 Å². The van der Waals surface area contributed by atoms with Crippen molar-refractivity contribution in [3.8, 4) is 0 Å². The molecule has 0 saturated heterocycles. The van der Waals surface area contributed by atoms with Gasteiger partial charge in [0.25, 0.3) is 10.0 Å². The molecule has 2 rings (SSSR count). The number of rotatable bonds is 4. The van der Waals surface area contributed by atoms with Crippen LogP contribution >= 0.6 is 0 Å². The van der Waals surface area contributed by atoms with E-state index in [0.29, 0.717) is 5.56 Å². The fraction of sp³-hybridized carbons (Fsp3) is 0.0833. The Hall–Kier alpha value is -2.35. The molecule has 106 valence electrons. The van der Waals surface area contributed by atoms with E-state index in [1.807, 2.05) is 0 Å². The van der Waals surface area contributed by atoms with Gasteiger partial charge in [-0.05, 0) is 36.8 Å². The third-order valence-electron chi connectivity index (χ3n) is 2.49. The molecule has 0 aliphatic heterocycles. The van der Waals surface area contributed by atoms with Crippen LogP contribution in [-0.2, 0) is 10.0 Å². The molecule has 20 heavy (non-hydrogen) atoms. The SMILES string of the molecule is Cc1cc(F)cc(NS(=O)(=O)c2c[nH]c(C(=O)O)c2)c1. The van der Waals surface area contributed by atoms with Crippen molar-refractivity contribution in [2.24, 2.45) is 0 Å². The number of benzene rings is 1. The van der Waals surface area contributed by atoms with E-state index in [0.717, 1.165) is 18.3 Å². The molecule has 8 heteroatoms. The van der Waals surface area contributed by atoms with Gasteiger partial charge in [-0.1, -0.05) is 0 Å². The number of carboxylic acids is 1. The largest absolute Gasteiger partial charge is 0.477 e. The van der Waals surface area contributed by atoms with Crippen LogP contribution in [0, 0.1) is 12.7 Å². The number of nitrogens with one attached hydrogen (secondary N) is 2. The van der Waals surface area contributed by atoms with Crippen LogP contribution in [0.1, 0.15) is 16.1 Å². The molecular weight excluding hydrogens is 287 g/mol. The number of aromatic amines is 1. The lowest BCUT2D eigenvalue weighted by Gasteiger charge is -2.07. The number of hydrogen-bond donors (Lipinski definition) is 3. The maximum absolute atomic E-state index is 13.2. The average molecular weight is 298 g/mol. The Balaban J connectivity index is 2.32. The van der Waals surface area contributed by atoms with Gasteiger partial charge in [-0.25, -0.2) is 17.6 Å². The molecule has 2 aromatic rings. The highest BCUT2D eigenvalue weighted by atomic mass is 32.2. The van der Waals surface area contributed by atoms with Crippen LogP contribution in [0.15, 0.2) is 35.4 Å². The maximum Gasteiger partial charge on any atom is 0.352 e. The molecule has 0 fully saturated rings. The van der Waals surface area contributed by atoms with Gasteiger partial charge in [-0.15, -0.1) is 0 Å². The smallest absolute Gasteiger partial charge is 0.352 e. The minimum absolute atomic E-state index is 0.0700. The molecule has 1 aromatic heterocycles. The standard InChI is InChI=1S/C12H11FN2O4S/c1-7-2-8(13)4-9(3-7)15-20(18,19)10-5-11(12(16)17)14-6-10/h2-6,14-15H,1H3,(H,16,17). The molecule has 1 aromatic carbocycles. The zero-order chi connectivity index (χ0) is 14.9. The van der Waals surface area contributed by atoms with Gasteiger partial charge in [0, 0.05) is 6.20 Å². The van der Waals surface area contributed by atoms with Crippen molar-refractivity contribution in [1.29, 1.82) is 0 Å². The summed E-state index contributed by atoms with van der Waals surface area (Å²) in [6.45, 7) is 1.62. The first-order chi connectivity index (χ1) is 9.28. The number of sulfonamides is 1. The van der Waals surface area contributed by atoms with Crippen LogP contribution in [0.4, 0.5) is 10.1 Å². The van der Waals surface area contributed by atoms with Gasteiger partial charge >= 0.3 is 5.97 Å². The summed E-state index contributed by atoms with van der Waals surface area (Å²) in [5.41, 5.74) is 0.379. The summed E-state index contributed by atoms with van der Waals surface area (Å²) in [5.74, 6) is -1.84. The molecule has 0 amide bonds. The molecule has 6 nitrogen and oxygen atoms in total. The number of halogens is 1. The number of aryl methyl sites for hydroxylation is 1. The number of H-pyrrole nitrogens is 1. The second-order valence-corrected chi connectivity index (χ2v) is 5.86. The second kappa shape index (κ2) is 4.97. The Bertz CT molecular complexity index is 747. The molecule has 0 saturated carbocycles. The fourth-order valence-electron chi connectivity index (χ4n) is 1.66. The third-order valence-corrected chi connectivity index (χ3v) is 3.85. The maximum atomic E-state index is 13.2. The summed E-state index contributed by atoms with van der Waals surface area (Å²) in [6.07, 6.45) is 1.05. The van der Waals surface area contributed by atoms with Crippen molar-refractivity contribution >= 4 is 21.7 Å². The number of anilines is 1. The Morgan fingerprint density at radius 1 is 1.30 bits per heavy atom. The van der Waals surface area contributed by atoms with Crippen LogP contribution in [-0.4, -0.2) is 24.5 Å². The molecule has 0 bridgehead atoms. The van der Waals surface area contributed by atoms with Gasteiger partial charge in [0.1, 0.15) is 16.4 Å². The summed E-state index contributed by atoms with van der Waals surface area (Å²) in [4.78, 5) is 12.8. The molecule has 0 aliphatic rings. The van der Waals surface area contributed by atoms with E-state index < -0.39 is 21.8 Å². The Morgan fingerprint density at radius 2 is 2.00 bits per heavy atom.